The Kier molecular flexibility index (Phi) is 2.99. The highest BCUT2D eigenvalue weighted by molar-refractivity contribution is 7.14. The summed E-state index contributed by atoms with van der Waals surface area (Å²) in [5.41, 5.74) is -0.761. The van der Waals surface area contributed by atoms with Crippen molar-refractivity contribution in [2.75, 3.05) is 0 Å². The highest BCUT2D eigenvalue weighted by Gasteiger charge is 2.31. The van der Waals surface area contributed by atoms with Crippen molar-refractivity contribution < 1.29 is 19.8 Å². The number of thiophene rings is 1. The fourth-order valence-corrected chi connectivity index (χ4v) is 1.97. The lowest BCUT2D eigenvalue weighted by Crippen LogP contribution is -2.34. The molecule has 0 atom stereocenters. The van der Waals surface area contributed by atoms with Crippen LogP contribution in [0.1, 0.15) is 16.6 Å². The quantitative estimate of drug-likeness (QED) is 0.307. The van der Waals surface area contributed by atoms with Crippen molar-refractivity contribution in [2.45, 2.75) is 6.92 Å². The Morgan fingerprint density at radius 3 is 2.57 bits per heavy atom. The van der Waals surface area contributed by atoms with Crippen LogP contribution in [0.4, 0.5) is 5.69 Å². The molecule has 74 valence electrons. The van der Waals surface area contributed by atoms with Crippen LogP contribution in [0.5, 0.6) is 0 Å². The van der Waals surface area contributed by atoms with Crippen LogP contribution in [-0.4, -0.2) is 27.9 Å². The van der Waals surface area contributed by atoms with Crippen LogP contribution >= 0.6 is 11.3 Å². The van der Waals surface area contributed by atoms with Gasteiger partial charge in [0.15, 0.2) is 5.78 Å². The normalized spacial score (nSPS) is 9.93. The first-order valence-corrected chi connectivity index (χ1v) is 4.46. The van der Waals surface area contributed by atoms with Crippen LogP contribution in [0.25, 0.3) is 0 Å². The zero-order chi connectivity index (χ0) is 10.9. The van der Waals surface area contributed by atoms with E-state index < -0.39 is 23.5 Å². The number of carbonyl (C=O) groups is 1. The van der Waals surface area contributed by atoms with Crippen LogP contribution in [0.2, 0.25) is 0 Å². The summed E-state index contributed by atoms with van der Waals surface area (Å²) in [6, 6.07) is 0. The van der Waals surface area contributed by atoms with E-state index in [4.69, 9.17) is 10.0 Å². The highest BCUT2D eigenvalue weighted by atomic mass is 32.1. The van der Waals surface area contributed by atoms with Crippen molar-refractivity contribution in [1.29, 1.82) is 0 Å². The fourth-order valence-electron chi connectivity index (χ4n) is 1.02. The molecule has 0 spiro atoms. The van der Waals surface area contributed by atoms with Crippen molar-refractivity contribution in [1.82, 2.24) is 0 Å². The van der Waals surface area contributed by atoms with Gasteiger partial charge in [-0.3, -0.25) is 14.9 Å². The summed E-state index contributed by atoms with van der Waals surface area (Å²) < 4.78 is 0. The van der Waals surface area contributed by atoms with Crippen LogP contribution in [-0.2, 0) is 0 Å². The summed E-state index contributed by atoms with van der Waals surface area (Å²) in [5, 5.41) is 29.3. The van der Waals surface area contributed by atoms with Gasteiger partial charge in [0.25, 0.3) is 5.69 Å². The number of hydrogen-bond acceptors (Lipinski definition) is 6. The van der Waals surface area contributed by atoms with Gasteiger partial charge in [-0.15, -0.1) is 11.3 Å². The topological polar surface area (TPSA) is 101 Å². The molecule has 0 aromatic carbocycles. The fraction of sp³-hybridized carbons (Fsp3) is 0.167. The molecule has 8 heteroatoms. The van der Waals surface area contributed by atoms with Gasteiger partial charge >= 0.3 is 7.12 Å². The molecule has 0 fully saturated rings. The van der Waals surface area contributed by atoms with E-state index in [1.807, 2.05) is 0 Å². The van der Waals surface area contributed by atoms with Gasteiger partial charge in [-0.1, -0.05) is 0 Å². The number of hydrogen-bond donors (Lipinski definition) is 2. The molecule has 6 nitrogen and oxygen atoms in total. The first kappa shape index (κ1) is 10.8. The maximum absolute atomic E-state index is 11.0. The first-order chi connectivity index (χ1) is 6.45. The monoisotopic (exact) mass is 215 g/mol. The number of carbonyl (C=O) groups excluding carboxylic acids is 1. The molecule has 0 saturated heterocycles. The van der Waals surface area contributed by atoms with Crippen LogP contribution in [0, 0.1) is 10.1 Å². The third-order valence-corrected chi connectivity index (χ3v) is 2.67. The number of ketones is 1. The summed E-state index contributed by atoms with van der Waals surface area (Å²) in [6.45, 7) is 1.21. The van der Waals surface area contributed by atoms with E-state index in [0.29, 0.717) is 0 Å². The predicted molar refractivity (Wildman–Crippen MR) is 50.8 cm³/mol. The third-order valence-electron chi connectivity index (χ3n) is 1.58. The van der Waals surface area contributed by atoms with Gasteiger partial charge in [0, 0.05) is 0 Å². The summed E-state index contributed by atoms with van der Waals surface area (Å²) in [6.07, 6.45) is 0. The zero-order valence-electron chi connectivity index (χ0n) is 7.13. The van der Waals surface area contributed by atoms with Crippen molar-refractivity contribution in [2.24, 2.45) is 0 Å². The molecular formula is C6H6BNO5S. The maximum atomic E-state index is 11.0. The Morgan fingerprint density at radius 1 is 1.64 bits per heavy atom. The lowest BCUT2D eigenvalue weighted by Gasteiger charge is -1.97. The molecule has 14 heavy (non-hydrogen) atoms. The summed E-state index contributed by atoms with van der Waals surface area (Å²) in [4.78, 5) is 20.7. The molecule has 1 aromatic rings. The van der Waals surface area contributed by atoms with E-state index >= 15 is 0 Å². The molecule has 0 saturated carbocycles. The van der Waals surface area contributed by atoms with Crippen LogP contribution in [0.15, 0.2) is 5.38 Å². The minimum atomic E-state index is -2.00. The van der Waals surface area contributed by atoms with E-state index in [2.05, 4.69) is 0 Å². The number of rotatable bonds is 3. The number of nitro groups is 1. The molecule has 0 aliphatic heterocycles. The van der Waals surface area contributed by atoms with Crippen molar-refractivity contribution >= 4 is 35.4 Å². The smallest absolute Gasteiger partial charge is 0.423 e. The Labute approximate surface area is 83.1 Å². The summed E-state index contributed by atoms with van der Waals surface area (Å²) >= 11 is 0.830. The number of Topliss-reactive ketones (excluding diaryl/α,β-unsaturated/α-hetero) is 1. The standard InChI is InChI=1S/C6H6BNO5S/c1-3(9)6-5(7(10)11)4(2-14-6)8(12)13/h2,10-11H,1H3. The van der Waals surface area contributed by atoms with Gasteiger partial charge in [0.1, 0.15) is 0 Å². The van der Waals surface area contributed by atoms with Gasteiger partial charge in [0.2, 0.25) is 0 Å². The Bertz CT molecular complexity index is 356. The molecule has 0 bridgehead atoms. The van der Waals surface area contributed by atoms with Gasteiger partial charge < -0.3 is 10.0 Å². The molecule has 1 heterocycles. The van der Waals surface area contributed by atoms with Crippen LogP contribution in [0.3, 0.4) is 0 Å². The van der Waals surface area contributed by atoms with E-state index in [0.717, 1.165) is 16.7 Å². The zero-order valence-corrected chi connectivity index (χ0v) is 7.95. The van der Waals surface area contributed by atoms with Crippen molar-refractivity contribution in [3.63, 3.8) is 0 Å². The maximum Gasteiger partial charge on any atom is 0.497 e. The van der Waals surface area contributed by atoms with E-state index in [-0.39, 0.29) is 10.3 Å². The second-order valence-electron chi connectivity index (χ2n) is 2.55. The van der Waals surface area contributed by atoms with Gasteiger partial charge in [-0.05, 0) is 6.92 Å². The Hall–Kier alpha value is -1.25. The Balaban J connectivity index is 3.35. The lowest BCUT2D eigenvalue weighted by molar-refractivity contribution is -0.383. The average Bonchev–Trinajstić information content (AvgIpc) is 2.46. The molecule has 0 amide bonds. The lowest BCUT2D eigenvalue weighted by atomic mass is 9.79. The molecule has 2 N–H and O–H groups in total. The van der Waals surface area contributed by atoms with Gasteiger partial charge in [0.05, 0.1) is 20.6 Å². The molecular weight excluding hydrogens is 209 g/mol. The number of nitrogens with zero attached hydrogens (tertiary/aromatic N) is 1. The average molecular weight is 215 g/mol. The van der Waals surface area contributed by atoms with Crippen LogP contribution < -0.4 is 5.46 Å². The molecule has 0 aliphatic rings. The minimum Gasteiger partial charge on any atom is -0.423 e. The predicted octanol–water partition coefficient (Wildman–Crippen LogP) is -0.461. The molecule has 0 aliphatic carbocycles. The minimum absolute atomic E-state index is 0.00620. The van der Waals surface area contributed by atoms with E-state index in [1.54, 1.807) is 0 Å². The largest absolute Gasteiger partial charge is 0.497 e. The highest BCUT2D eigenvalue weighted by Crippen LogP contribution is 2.19. The SMILES string of the molecule is CC(=O)c1scc([N+](=O)[O-])c1B(O)O. The third kappa shape index (κ3) is 1.81. The van der Waals surface area contributed by atoms with Gasteiger partial charge in [-0.25, -0.2) is 0 Å². The summed E-state index contributed by atoms with van der Waals surface area (Å²) in [5.74, 6) is -0.425. The second-order valence-corrected chi connectivity index (χ2v) is 3.43. The van der Waals surface area contributed by atoms with Crippen molar-refractivity contribution in [3.8, 4) is 0 Å². The Morgan fingerprint density at radius 2 is 2.21 bits per heavy atom. The second kappa shape index (κ2) is 3.87. The van der Waals surface area contributed by atoms with Crippen molar-refractivity contribution in [3.05, 3.63) is 20.4 Å². The van der Waals surface area contributed by atoms with Gasteiger partial charge in [-0.2, -0.15) is 0 Å². The summed E-state index contributed by atoms with van der Waals surface area (Å²) in [7, 11) is -2.00. The molecule has 0 radical (unpaired) electrons. The van der Waals surface area contributed by atoms with E-state index in [1.165, 1.54) is 6.92 Å². The first-order valence-electron chi connectivity index (χ1n) is 3.58. The molecule has 1 rings (SSSR count). The molecule has 1 aromatic heterocycles. The molecule has 0 unspecified atom stereocenters. The van der Waals surface area contributed by atoms with E-state index in [9.17, 15) is 14.9 Å².